The van der Waals surface area contributed by atoms with Gasteiger partial charge in [0, 0.05) is 0 Å². The van der Waals surface area contributed by atoms with Crippen LogP contribution in [0.2, 0.25) is 0 Å². The summed E-state index contributed by atoms with van der Waals surface area (Å²) in [5.74, 6) is 1.32. The van der Waals surface area contributed by atoms with E-state index >= 15 is 0 Å². The molecule has 0 aromatic heterocycles. The Labute approximate surface area is 164 Å². The van der Waals surface area contributed by atoms with Crippen LogP contribution in [0.25, 0.3) is 0 Å². The topological polar surface area (TPSA) is 29.5 Å². The van der Waals surface area contributed by atoms with E-state index in [-0.39, 0.29) is 0 Å². The fraction of sp³-hybridized carbons (Fsp3) is 0.280. The number of fused-ring (bicyclic) bond motifs is 1. The maximum atomic E-state index is 8.63. The van der Waals surface area contributed by atoms with Crippen LogP contribution in [0, 0.1) is 0 Å². The van der Waals surface area contributed by atoms with Crippen molar-refractivity contribution < 1.29 is 9.84 Å². The summed E-state index contributed by atoms with van der Waals surface area (Å²) in [4.78, 5) is 0. The van der Waals surface area contributed by atoms with Gasteiger partial charge < -0.3 is 9.84 Å². The summed E-state index contributed by atoms with van der Waals surface area (Å²) in [6.45, 7) is 4.00. The van der Waals surface area contributed by atoms with E-state index in [1.165, 1.54) is 36.8 Å². The van der Waals surface area contributed by atoms with Crippen molar-refractivity contribution >= 4 is 0 Å². The van der Waals surface area contributed by atoms with E-state index in [4.69, 9.17) is 9.84 Å². The summed E-state index contributed by atoms with van der Waals surface area (Å²) in [5, 5.41) is 8.63. The number of benzene rings is 3. The Kier molecular flexibility index (Phi) is 11.9. The van der Waals surface area contributed by atoms with Crippen LogP contribution in [0.1, 0.15) is 37.8 Å². The van der Waals surface area contributed by atoms with E-state index in [1.807, 2.05) is 56.3 Å². The minimum Gasteiger partial charge on any atom is -0.508 e. The number of phenols is 1. The lowest BCUT2D eigenvalue weighted by atomic mass is 9.92. The van der Waals surface area contributed by atoms with Crippen LogP contribution in [0.15, 0.2) is 84.9 Å². The predicted octanol–water partition coefficient (Wildman–Crippen LogP) is 6.68. The van der Waals surface area contributed by atoms with E-state index in [0.717, 1.165) is 5.75 Å². The Morgan fingerprint density at radius 2 is 1.15 bits per heavy atom. The third kappa shape index (κ3) is 9.50. The maximum Gasteiger partial charge on any atom is 0.119 e. The Hall–Kier alpha value is -2.74. The average Bonchev–Trinajstić information content (AvgIpc) is 2.77. The first-order valence-corrected chi connectivity index (χ1v) is 9.69. The van der Waals surface area contributed by atoms with Gasteiger partial charge in [-0.2, -0.15) is 0 Å². The first-order valence-electron chi connectivity index (χ1n) is 9.69. The molecule has 2 nitrogen and oxygen atoms in total. The van der Waals surface area contributed by atoms with Gasteiger partial charge in [0.1, 0.15) is 11.5 Å². The quantitative estimate of drug-likeness (QED) is 0.522. The van der Waals surface area contributed by atoms with Crippen LogP contribution >= 0.6 is 0 Å². The van der Waals surface area contributed by atoms with Crippen molar-refractivity contribution in [2.24, 2.45) is 0 Å². The van der Waals surface area contributed by atoms with Gasteiger partial charge in [-0.25, -0.2) is 0 Å². The van der Waals surface area contributed by atoms with Crippen molar-refractivity contribution in [2.45, 2.75) is 39.5 Å². The van der Waals surface area contributed by atoms with E-state index in [9.17, 15) is 0 Å². The van der Waals surface area contributed by atoms with E-state index in [1.54, 1.807) is 31.4 Å². The zero-order chi connectivity index (χ0) is 19.7. The molecule has 0 atom stereocenters. The number of aryl methyl sites for hydroxylation is 2. The van der Waals surface area contributed by atoms with Crippen molar-refractivity contribution in [3.63, 3.8) is 0 Å². The molecule has 0 saturated heterocycles. The van der Waals surface area contributed by atoms with Gasteiger partial charge in [-0.3, -0.25) is 0 Å². The molecule has 0 bridgehead atoms. The van der Waals surface area contributed by atoms with Gasteiger partial charge in [0.25, 0.3) is 0 Å². The van der Waals surface area contributed by atoms with Gasteiger partial charge in [0.05, 0.1) is 7.11 Å². The first-order chi connectivity index (χ1) is 13.3. The largest absolute Gasteiger partial charge is 0.508 e. The molecule has 0 heterocycles. The molecular formula is C25H32O2. The summed E-state index contributed by atoms with van der Waals surface area (Å²) in [6, 6.07) is 27.1. The lowest BCUT2D eigenvalue weighted by Crippen LogP contribution is -2.02. The second-order valence-corrected chi connectivity index (χ2v) is 5.83. The summed E-state index contributed by atoms with van der Waals surface area (Å²) in [7, 11) is 1.73. The Morgan fingerprint density at radius 3 is 1.59 bits per heavy atom. The van der Waals surface area contributed by atoms with Gasteiger partial charge in [0.15, 0.2) is 0 Å². The predicted molar refractivity (Wildman–Crippen MR) is 116 cm³/mol. The van der Waals surface area contributed by atoms with Crippen LogP contribution in [0.4, 0.5) is 0 Å². The molecule has 4 rings (SSSR count). The number of rotatable bonds is 1. The van der Waals surface area contributed by atoms with Crippen LogP contribution in [-0.2, 0) is 12.8 Å². The highest BCUT2D eigenvalue weighted by molar-refractivity contribution is 5.36. The van der Waals surface area contributed by atoms with Gasteiger partial charge in [0.2, 0.25) is 0 Å². The number of para-hydroxylation sites is 1. The Balaban J connectivity index is 0.000000208. The summed E-state index contributed by atoms with van der Waals surface area (Å²) >= 11 is 0. The minimum absolute atomic E-state index is 0.322. The third-order valence-corrected chi connectivity index (χ3v) is 3.98. The Bertz CT molecular complexity index is 682. The van der Waals surface area contributed by atoms with Crippen molar-refractivity contribution in [1.82, 2.24) is 0 Å². The molecule has 0 amide bonds. The normalized spacial score (nSPS) is 11.1. The number of hydrogen-bond acceptors (Lipinski definition) is 2. The molecule has 0 radical (unpaired) electrons. The monoisotopic (exact) mass is 364 g/mol. The molecule has 3 aromatic carbocycles. The second kappa shape index (κ2) is 14.4. The first kappa shape index (κ1) is 22.3. The molecule has 1 aliphatic carbocycles. The van der Waals surface area contributed by atoms with E-state index < -0.39 is 0 Å². The number of phenolic OH excluding ortho intramolecular Hbond substituents is 1. The number of hydrogen-bond donors (Lipinski definition) is 1. The molecule has 144 valence electrons. The zero-order valence-corrected chi connectivity index (χ0v) is 16.8. The highest BCUT2D eigenvalue weighted by atomic mass is 16.5. The molecule has 2 heteroatoms. The molecule has 27 heavy (non-hydrogen) atoms. The van der Waals surface area contributed by atoms with E-state index in [0.29, 0.717) is 5.75 Å². The molecule has 1 N–H and O–H groups in total. The number of aromatic hydroxyl groups is 1. The average molecular weight is 365 g/mol. The Morgan fingerprint density at radius 1 is 0.667 bits per heavy atom. The molecular weight excluding hydrogens is 332 g/mol. The molecule has 0 saturated carbocycles. The zero-order valence-electron chi connectivity index (χ0n) is 16.8. The van der Waals surface area contributed by atoms with Gasteiger partial charge in [-0.1, -0.05) is 74.5 Å². The lowest BCUT2D eigenvalue weighted by Gasteiger charge is -2.15. The van der Waals surface area contributed by atoms with Crippen molar-refractivity contribution in [3.8, 4) is 11.5 Å². The summed E-state index contributed by atoms with van der Waals surface area (Å²) in [5.41, 5.74) is 3.00. The van der Waals surface area contributed by atoms with Crippen LogP contribution in [-0.4, -0.2) is 12.2 Å². The summed E-state index contributed by atoms with van der Waals surface area (Å²) < 4.78 is 5.18. The van der Waals surface area contributed by atoms with Gasteiger partial charge in [-0.15, -0.1) is 0 Å². The van der Waals surface area contributed by atoms with Crippen molar-refractivity contribution in [3.05, 3.63) is 96.1 Å². The molecule has 0 spiro atoms. The molecule has 0 aliphatic heterocycles. The lowest BCUT2D eigenvalue weighted by molar-refractivity contribution is 0.413. The SMILES string of the molecule is CC.COc1ccc2c(c1)CCCC2.Oc1ccccc1.c1ccccc1. The third-order valence-electron chi connectivity index (χ3n) is 3.98. The minimum atomic E-state index is 0.322. The van der Waals surface area contributed by atoms with Gasteiger partial charge in [-0.05, 0) is 61.1 Å². The number of methoxy groups -OCH3 is 1. The van der Waals surface area contributed by atoms with Crippen LogP contribution in [0.5, 0.6) is 11.5 Å². The molecule has 1 aliphatic rings. The van der Waals surface area contributed by atoms with Crippen molar-refractivity contribution in [2.75, 3.05) is 7.11 Å². The summed E-state index contributed by atoms with van der Waals surface area (Å²) in [6.07, 6.45) is 5.16. The number of ether oxygens (including phenoxy) is 1. The van der Waals surface area contributed by atoms with Crippen LogP contribution in [0.3, 0.4) is 0 Å². The standard InChI is InChI=1S/C11H14O.C6H6O.C6H6.C2H6/c1-12-11-7-6-9-4-2-3-5-10(9)8-11;7-6-4-2-1-3-5-6;1-2-4-6-5-3-1;1-2/h6-8H,2-5H2,1H3;1-5,7H;1-6H;1-2H3. The molecule has 0 unspecified atom stereocenters. The second-order valence-electron chi connectivity index (χ2n) is 5.83. The van der Waals surface area contributed by atoms with E-state index in [2.05, 4.69) is 18.2 Å². The highest BCUT2D eigenvalue weighted by Crippen LogP contribution is 2.24. The molecule has 3 aromatic rings. The smallest absolute Gasteiger partial charge is 0.119 e. The van der Waals surface area contributed by atoms with Crippen LogP contribution < -0.4 is 4.74 Å². The maximum absolute atomic E-state index is 8.63. The molecule has 0 fully saturated rings. The van der Waals surface area contributed by atoms with Crippen molar-refractivity contribution in [1.29, 1.82) is 0 Å². The fourth-order valence-electron chi connectivity index (χ4n) is 2.65. The highest BCUT2D eigenvalue weighted by Gasteiger charge is 2.08. The fourth-order valence-corrected chi connectivity index (χ4v) is 2.65. The van der Waals surface area contributed by atoms with Gasteiger partial charge >= 0.3 is 0 Å².